The van der Waals surface area contributed by atoms with E-state index in [-0.39, 0.29) is 24.3 Å². The van der Waals surface area contributed by atoms with Gasteiger partial charge in [0.1, 0.15) is 18.1 Å². The predicted molar refractivity (Wildman–Crippen MR) is 108 cm³/mol. The normalized spacial score (nSPS) is 11.8. The minimum atomic E-state index is -3.52. The summed E-state index contributed by atoms with van der Waals surface area (Å²) in [5.74, 6) is -0.485. The molecule has 2 aromatic rings. The average Bonchev–Trinajstić information content (AvgIpc) is 2.58. The first-order valence-corrected chi connectivity index (χ1v) is 10.7. The number of rotatable bonds is 8. The third-order valence-electron chi connectivity index (χ3n) is 3.99. The fourth-order valence-corrected chi connectivity index (χ4v) is 3.84. The molecular weight excluding hydrogens is 362 g/mol. The molecule has 2 aromatic carbocycles. The summed E-state index contributed by atoms with van der Waals surface area (Å²) in [6.07, 6.45) is 0. The van der Waals surface area contributed by atoms with E-state index in [1.807, 2.05) is 54.6 Å². The Labute approximate surface area is 161 Å². The summed E-state index contributed by atoms with van der Waals surface area (Å²) in [7, 11) is -3.52. The van der Waals surface area contributed by atoms with E-state index >= 15 is 0 Å². The number of ether oxygens (including phenoxy) is 1. The Morgan fingerprint density at radius 1 is 1.00 bits per heavy atom. The molecule has 0 bridgehead atoms. The zero-order valence-corrected chi connectivity index (χ0v) is 16.9. The molecule has 27 heavy (non-hydrogen) atoms. The van der Waals surface area contributed by atoms with Gasteiger partial charge in [-0.15, -0.1) is 0 Å². The highest BCUT2D eigenvalue weighted by atomic mass is 32.2. The first kappa shape index (κ1) is 21.0. The highest BCUT2D eigenvalue weighted by molar-refractivity contribution is 7.91. The van der Waals surface area contributed by atoms with E-state index < -0.39 is 21.5 Å². The number of para-hydroxylation sites is 1. The lowest BCUT2D eigenvalue weighted by molar-refractivity contribution is -0.118. The van der Waals surface area contributed by atoms with Gasteiger partial charge in [-0.1, -0.05) is 63.2 Å². The Kier molecular flexibility index (Phi) is 7.02. The maximum atomic E-state index is 12.3. The first-order chi connectivity index (χ1) is 12.7. The molecule has 0 unspecified atom stereocenters. The van der Waals surface area contributed by atoms with Gasteiger partial charge in [-0.2, -0.15) is 0 Å². The van der Waals surface area contributed by atoms with E-state index in [4.69, 9.17) is 4.74 Å². The Morgan fingerprint density at radius 3 is 2.22 bits per heavy atom. The molecular formula is C21H27NO4S. The van der Waals surface area contributed by atoms with E-state index in [0.717, 1.165) is 5.56 Å². The van der Waals surface area contributed by atoms with Gasteiger partial charge in [0.25, 0.3) is 0 Å². The molecule has 146 valence electrons. The van der Waals surface area contributed by atoms with Crippen LogP contribution < -0.4 is 10.1 Å². The second kappa shape index (κ2) is 9.04. The van der Waals surface area contributed by atoms with E-state index in [9.17, 15) is 13.2 Å². The lowest BCUT2D eigenvalue weighted by atomic mass is 9.87. The van der Waals surface area contributed by atoms with Crippen molar-refractivity contribution in [2.24, 2.45) is 0 Å². The first-order valence-electron chi connectivity index (χ1n) is 8.90. The van der Waals surface area contributed by atoms with Crippen LogP contribution in [-0.2, 0) is 25.8 Å². The third kappa shape index (κ3) is 7.43. The Hall–Kier alpha value is -2.34. The zero-order chi connectivity index (χ0) is 19.9. The molecule has 0 aliphatic heterocycles. The Morgan fingerprint density at radius 2 is 1.63 bits per heavy atom. The second-order valence-corrected chi connectivity index (χ2v) is 9.56. The maximum Gasteiger partial charge on any atom is 0.235 e. The van der Waals surface area contributed by atoms with Crippen molar-refractivity contribution in [2.45, 2.75) is 31.9 Å². The second-order valence-electron chi connectivity index (χ2n) is 7.49. The molecule has 1 amide bonds. The minimum Gasteiger partial charge on any atom is -0.492 e. The van der Waals surface area contributed by atoms with E-state index in [1.165, 1.54) is 0 Å². The van der Waals surface area contributed by atoms with Gasteiger partial charge in [0.15, 0.2) is 9.84 Å². The van der Waals surface area contributed by atoms with Crippen molar-refractivity contribution >= 4 is 15.7 Å². The molecule has 6 heteroatoms. The standard InChI is InChI=1S/C21H27NO4S/c1-21(2,3)18-11-9-17(10-12-18)15-27(24,25)16-20(23)22-13-14-26-19-7-5-4-6-8-19/h4-12H,13-16H2,1-3H3,(H,22,23). The summed E-state index contributed by atoms with van der Waals surface area (Å²) in [5, 5.41) is 2.58. The Bertz CT molecular complexity index is 838. The van der Waals surface area contributed by atoms with Crippen LogP contribution in [0.3, 0.4) is 0 Å². The number of carbonyl (C=O) groups excluding carboxylic acids is 1. The molecule has 0 atom stereocenters. The molecule has 0 radical (unpaired) electrons. The SMILES string of the molecule is CC(C)(C)c1ccc(CS(=O)(=O)CC(=O)NCCOc2ccccc2)cc1. The van der Waals surface area contributed by atoms with Crippen molar-refractivity contribution in [1.29, 1.82) is 0 Å². The van der Waals surface area contributed by atoms with Gasteiger partial charge < -0.3 is 10.1 Å². The molecule has 0 heterocycles. The summed E-state index contributed by atoms with van der Waals surface area (Å²) in [4.78, 5) is 11.9. The van der Waals surface area contributed by atoms with E-state index in [1.54, 1.807) is 0 Å². The van der Waals surface area contributed by atoms with Crippen LogP contribution in [0.25, 0.3) is 0 Å². The molecule has 0 aliphatic rings. The van der Waals surface area contributed by atoms with Gasteiger partial charge >= 0.3 is 0 Å². The fourth-order valence-electron chi connectivity index (χ4n) is 2.53. The summed E-state index contributed by atoms with van der Waals surface area (Å²) in [5.41, 5.74) is 1.84. The van der Waals surface area contributed by atoms with Crippen LogP contribution in [0.15, 0.2) is 54.6 Å². The van der Waals surface area contributed by atoms with Gasteiger partial charge in [0.05, 0.1) is 12.3 Å². The molecule has 1 N–H and O–H groups in total. The van der Waals surface area contributed by atoms with Crippen LogP contribution in [0.4, 0.5) is 0 Å². The molecule has 0 spiro atoms. The highest BCUT2D eigenvalue weighted by Gasteiger charge is 2.18. The quantitative estimate of drug-likeness (QED) is 0.704. The lowest BCUT2D eigenvalue weighted by Crippen LogP contribution is -2.33. The third-order valence-corrected chi connectivity index (χ3v) is 5.47. The minimum absolute atomic E-state index is 0.0130. The van der Waals surface area contributed by atoms with Crippen molar-refractivity contribution < 1.29 is 17.9 Å². The van der Waals surface area contributed by atoms with Crippen LogP contribution in [-0.4, -0.2) is 33.2 Å². The molecule has 0 fully saturated rings. The maximum absolute atomic E-state index is 12.3. The number of benzene rings is 2. The summed E-state index contributed by atoms with van der Waals surface area (Å²) in [6.45, 7) is 6.84. The predicted octanol–water partition coefficient (Wildman–Crippen LogP) is 3.09. The van der Waals surface area contributed by atoms with Crippen molar-refractivity contribution in [3.8, 4) is 5.75 Å². The topological polar surface area (TPSA) is 72.5 Å². The van der Waals surface area contributed by atoms with Gasteiger partial charge in [0.2, 0.25) is 5.91 Å². The van der Waals surface area contributed by atoms with Crippen LogP contribution >= 0.6 is 0 Å². The van der Waals surface area contributed by atoms with Gasteiger partial charge in [-0.05, 0) is 28.7 Å². The monoisotopic (exact) mass is 389 g/mol. The van der Waals surface area contributed by atoms with E-state index in [2.05, 4.69) is 26.1 Å². The van der Waals surface area contributed by atoms with Crippen LogP contribution in [0.5, 0.6) is 5.75 Å². The number of amides is 1. The van der Waals surface area contributed by atoms with Crippen LogP contribution in [0, 0.1) is 0 Å². The average molecular weight is 390 g/mol. The number of hydrogen-bond donors (Lipinski definition) is 1. The number of carbonyl (C=O) groups is 1. The molecule has 0 aromatic heterocycles. The van der Waals surface area contributed by atoms with Crippen molar-refractivity contribution in [1.82, 2.24) is 5.32 Å². The molecule has 0 saturated heterocycles. The van der Waals surface area contributed by atoms with Crippen molar-refractivity contribution in [2.75, 3.05) is 18.9 Å². The van der Waals surface area contributed by atoms with Crippen LogP contribution in [0.1, 0.15) is 31.9 Å². The number of hydrogen-bond acceptors (Lipinski definition) is 4. The zero-order valence-electron chi connectivity index (χ0n) is 16.1. The van der Waals surface area contributed by atoms with Crippen molar-refractivity contribution in [3.63, 3.8) is 0 Å². The number of sulfone groups is 1. The van der Waals surface area contributed by atoms with Gasteiger partial charge in [-0.25, -0.2) is 8.42 Å². The summed E-state index contributed by atoms with van der Waals surface area (Å²) < 4.78 is 30.0. The largest absolute Gasteiger partial charge is 0.492 e. The molecule has 0 aliphatic carbocycles. The fraction of sp³-hybridized carbons (Fsp3) is 0.381. The highest BCUT2D eigenvalue weighted by Crippen LogP contribution is 2.22. The Balaban J connectivity index is 1.78. The summed E-state index contributed by atoms with van der Waals surface area (Å²) in [6, 6.07) is 16.7. The lowest BCUT2D eigenvalue weighted by Gasteiger charge is -2.19. The molecule has 0 saturated carbocycles. The van der Waals surface area contributed by atoms with Crippen molar-refractivity contribution in [3.05, 3.63) is 65.7 Å². The summed E-state index contributed by atoms with van der Waals surface area (Å²) >= 11 is 0. The van der Waals surface area contributed by atoms with E-state index in [0.29, 0.717) is 11.3 Å². The smallest absolute Gasteiger partial charge is 0.235 e. The molecule has 5 nitrogen and oxygen atoms in total. The number of nitrogens with one attached hydrogen (secondary N) is 1. The van der Waals surface area contributed by atoms with Gasteiger partial charge in [-0.3, -0.25) is 4.79 Å². The van der Waals surface area contributed by atoms with Gasteiger partial charge in [0, 0.05) is 0 Å². The van der Waals surface area contributed by atoms with Crippen LogP contribution in [0.2, 0.25) is 0 Å². The molecule has 2 rings (SSSR count).